The minimum atomic E-state index is 0.362. The van der Waals surface area contributed by atoms with Crippen LogP contribution in [0.4, 0.5) is 0 Å². The highest BCUT2D eigenvalue weighted by Crippen LogP contribution is 2.15. The van der Waals surface area contributed by atoms with E-state index in [4.69, 9.17) is 4.74 Å². The number of halogens is 1. The largest absolute Gasteiger partial charge is 0.376 e. The SMILES string of the molecule is Brc1cnn(C[C@H]2CCCCO2)c1. The molecule has 0 aromatic carbocycles. The van der Waals surface area contributed by atoms with Gasteiger partial charge in [-0.15, -0.1) is 0 Å². The molecule has 2 heterocycles. The van der Waals surface area contributed by atoms with Crippen molar-refractivity contribution in [1.29, 1.82) is 0 Å². The van der Waals surface area contributed by atoms with Gasteiger partial charge in [0.2, 0.25) is 0 Å². The summed E-state index contributed by atoms with van der Waals surface area (Å²) in [4.78, 5) is 0. The van der Waals surface area contributed by atoms with Gasteiger partial charge in [0.15, 0.2) is 0 Å². The molecule has 1 aliphatic rings. The zero-order valence-electron chi connectivity index (χ0n) is 7.45. The highest BCUT2D eigenvalue weighted by molar-refractivity contribution is 9.10. The summed E-state index contributed by atoms with van der Waals surface area (Å²) in [6, 6.07) is 0. The highest BCUT2D eigenvalue weighted by atomic mass is 79.9. The number of ether oxygens (including phenoxy) is 1. The number of nitrogens with zero attached hydrogens (tertiary/aromatic N) is 2. The third-order valence-corrected chi connectivity index (χ3v) is 2.68. The monoisotopic (exact) mass is 244 g/mol. The summed E-state index contributed by atoms with van der Waals surface area (Å²) >= 11 is 3.37. The molecule has 0 unspecified atom stereocenters. The van der Waals surface area contributed by atoms with Crippen molar-refractivity contribution in [3.63, 3.8) is 0 Å². The summed E-state index contributed by atoms with van der Waals surface area (Å²) in [5, 5.41) is 4.20. The maximum atomic E-state index is 5.61. The second-order valence-corrected chi connectivity index (χ2v) is 4.28. The lowest BCUT2D eigenvalue weighted by atomic mass is 10.1. The summed E-state index contributed by atoms with van der Waals surface area (Å²) in [5.41, 5.74) is 0. The number of hydrogen-bond acceptors (Lipinski definition) is 2. The van der Waals surface area contributed by atoms with Crippen molar-refractivity contribution in [1.82, 2.24) is 9.78 Å². The highest BCUT2D eigenvalue weighted by Gasteiger charge is 2.14. The number of aromatic nitrogens is 2. The van der Waals surface area contributed by atoms with Crippen molar-refractivity contribution in [2.45, 2.75) is 31.9 Å². The van der Waals surface area contributed by atoms with Crippen molar-refractivity contribution in [2.24, 2.45) is 0 Å². The molecule has 13 heavy (non-hydrogen) atoms. The Kier molecular flexibility index (Phi) is 3.01. The second kappa shape index (κ2) is 4.24. The van der Waals surface area contributed by atoms with Crippen LogP contribution in [0.5, 0.6) is 0 Å². The molecule has 1 aliphatic heterocycles. The molecule has 0 spiro atoms. The molecule has 4 heteroatoms. The van der Waals surface area contributed by atoms with Crippen molar-refractivity contribution in [3.8, 4) is 0 Å². The molecular weight excluding hydrogens is 232 g/mol. The van der Waals surface area contributed by atoms with Crippen LogP contribution in [-0.2, 0) is 11.3 Å². The maximum Gasteiger partial charge on any atom is 0.0770 e. The van der Waals surface area contributed by atoms with Crippen LogP contribution in [0.2, 0.25) is 0 Å². The molecular formula is C9H13BrN2O. The topological polar surface area (TPSA) is 27.1 Å². The van der Waals surface area contributed by atoms with Crippen LogP contribution in [-0.4, -0.2) is 22.5 Å². The quantitative estimate of drug-likeness (QED) is 0.798. The average molecular weight is 245 g/mol. The molecule has 2 rings (SSSR count). The molecule has 0 amide bonds. The van der Waals surface area contributed by atoms with E-state index in [1.807, 2.05) is 17.1 Å². The van der Waals surface area contributed by atoms with Crippen molar-refractivity contribution in [3.05, 3.63) is 16.9 Å². The Morgan fingerprint density at radius 2 is 2.54 bits per heavy atom. The van der Waals surface area contributed by atoms with Gasteiger partial charge >= 0.3 is 0 Å². The molecule has 0 saturated carbocycles. The summed E-state index contributed by atoms with van der Waals surface area (Å²) in [6.07, 6.45) is 7.81. The van der Waals surface area contributed by atoms with E-state index in [1.54, 1.807) is 0 Å². The zero-order valence-corrected chi connectivity index (χ0v) is 9.03. The van der Waals surface area contributed by atoms with Gasteiger partial charge in [0.05, 0.1) is 23.3 Å². The van der Waals surface area contributed by atoms with E-state index in [-0.39, 0.29) is 0 Å². The van der Waals surface area contributed by atoms with Gasteiger partial charge in [0.1, 0.15) is 0 Å². The normalized spacial score (nSPS) is 23.3. The lowest BCUT2D eigenvalue weighted by Gasteiger charge is -2.22. The van der Waals surface area contributed by atoms with Crippen molar-refractivity contribution >= 4 is 15.9 Å². The molecule has 0 aliphatic carbocycles. The van der Waals surface area contributed by atoms with Gasteiger partial charge < -0.3 is 4.74 Å². The van der Waals surface area contributed by atoms with Gasteiger partial charge in [0, 0.05) is 12.8 Å². The summed E-state index contributed by atoms with van der Waals surface area (Å²) in [5.74, 6) is 0. The molecule has 72 valence electrons. The summed E-state index contributed by atoms with van der Waals surface area (Å²) in [7, 11) is 0. The van der Waals surface area contributed by atoms with E-state index >= 15 is 0 Å². The summed E-state index contributed by atoms with van der Waals surface area (Å²) < 4.78 is 8.58. The van der Waals surface area contributed by atoms with Gasteiger partial charge in [-0.3, -0.25) is 4.68 Å². The Morgan fingerprint density at radius 3 is 3.15 bits per heavy atom. The smallest absolute Gasteiger partial charge is 0.0770 e. The van der Waals surface area contributed by atoms with Gasteiger partial charge in [-0.2, -0.15) is 5.10 Å². The summed E-state index contributed by atoms with van der Waals surface area (Å²) in [6.45, 7) is 1.79. The molecule has 0 bridgehead atoms. The Morgan fingerprint density at radius 1 is 1.62 bits per heavy atom. The molecule has 1 fully saturated rings. The van der Waals surface area contributed by atoms with E-state index in [1.165, 1.54) is 12.8 Å². The van der Waals surface area contributed by atoms with Crippen LogP contribution in [0.15, 0.2) is 16.9 Å². The van der Waals surface area contributed by atoms with Crippen LogP contribution in [0.3, 0.4) is 0 Å². The predicted octanol–water partition coefficient (Wildman–Crippen LogP) is 2.21. The van der Waals surface area contributed by atoms with Gasteiger partial charge in [0.25, 0.3) is 0 Å². The van der Waals surface area contributed by atoms with E-state index in [0.29, 0.717) is 6.10 Å². The fourth-order valence-corrected chi connectivity index (χ4v) is 1.93. The first-order valence-corrected chi connectivity index (χ1v) is 5.43. The van der Waals surface area contributed by atoms with E-state index in [9.17, 15) is 0 Å². The maximum absolute atomic E-state index is 5.61. The molecule has 1 aromatic rings. The van der Waals surface area contributed by atoms with Gasteiger partial charge in [-0.25, -0.2) is 0 Å². The van der Waals surface area contributed by atoms with Crippen LogP contribution in [0.1, 0.15) is 19.3 Å². The molecule has 1 saturated heterocycles. The Bertz CT molecular complexity index is 268. The Labute approximate surface area is 86.2 Å². The molecule has 0 N–H and O–H groups in total. The lowest BCUT2D eigenvalue weighted by molar-refractivity contribution is 0.00398. The number of hydrogen-bond donors (Lipinski definition) is 0. The van der Waals surface area contributed by atoms with E-state index in [0.717, 1.165) is 24.0 Å². The van der Waals surface area contributed by atoms with Crippen LogP contribution in [0.25, 0.3) is 0 Å². The second-order valence-electron chi connectivity index (χ2n) is 3.37. The first-order valence-electron chi connectivity index (χ1n) is 4.64. The first-order chi connectivity index (χ1) is 6.34. The van der Waals surface area contributed by atoms with Gasteiger partial charge in [-0.1, -0.05) is 0 Å². The standard InChI is InChI=1S/C9H13BrN2O/c10-8-5-11-12(6-8)7-9-3-1-2-4-13-9/h5-6,9H,1-4,7H2/t9-/m1/s1. The van der Waals surface area contributed by atoms with Gasteiger partial charge in [-0.05, 0) is 35.2 Å². The zero-order chi connectivity index (χ0) is 9.10. The van der Waals surface area contributed by atoms with Crippen molar-refractivity contribution < 1.29 is 4.74 Å². The minimum Gasteiger partial charge on any atom is -0.376 e. The van der Waals surface area contributed by atoms with E-state index in [2.05, 4.69) is 21.0 Å². The molecule has 1 aromatic heterocycles. The predicted molar refractivity (Wildman–Crippen MR) is 53.5 cm³/mol. The fraction of sp³-hybridized carbons (Fsp3) is 0.667. The van der Waals surface area contributed by atoms with E-state index < -0.39 is 0 Å². The molecule has 3 nitrogen and oxygen atoms in total. The number of rotatable bonds is 2. The van der Waals surface area contributed by atoms with Crippen LogP contribution in [0, 0.1) is 0 Å². The van der Waals surface area contributed by atoms with Crippen LogP contribution < -0.4 is 0 Å². The molecule has 1 atom stereocenters. The Balaban J connectivity index is 1.89. The Hall–Kier alpha value is -0.350. The third-order valence-electron chi connectivity index (χ3n) is 2.27. The minimum absolute atomic E-state index is 0.362. The van der Waals surface area contributed by atoms with Crippen LogP contribution >= 0.6 is 15.9 Å². The van der Waals surface area contributed by atoms with Crippen molar-refractivity contribution in [2.75, 3.05) is 6.61 Å². The third kappa shape index (κ3) is 2.54. The molecule has 0 radical (unpaired) electrons. The fourth-order valence-electron chi connectivity index (χ4n) is 1.60. The first kappa shape index (κ1) is 9.21. The lowest BCUT2D eigenvalue weighted by Crippen LogP contribution is -2.24. The average Bonchev–Trinajstić information content (AvgIpc) is 2.53.